The van der Waals surface area contributed by atoms with Crippen LogP contribution in [0.5, 0.6) is 11.5 Å². The number of anilines is 1. The van der Waals surface area contributed by atoms with Gasteiger partial charge in [0.05, 0.1) is 0 Å². The second kappa shape index (κ2) is 12.2. The summed E-state index contributed by atoms with van der Waals surface area (Å²) in [4.78, 5) is 17.3. The maximum Gasteiger partial charge on any atom is 0.257 e. The molecular weight excluding hydrogens is 452 g/mol. The summed E-state index contributed by atoms with van der Waals surface area (Å²) in [5.74, 6) is 1.22. The Hall–Kier alpha value is -4.58. The molecule has 0 aliphatic carbocycles. The van der Waals surface area contributed by atoms with Gasteiger partial charge >= 0.3 is 0 Å². The molecule has 0 atom stereocenters. The Morgan fingerprint density at radius 3 is 1.92 bits per heavy atom. The zero-order chi connectivity index (χ0) is 25.2. The summed E-state index contributed by atoms with van der Waals surface area (Å²) in [6.07, 6.45) is 3.93. The van der Waals surface area contributed by atoms with Crippen molar-refractivity contribution in [1.29, 1.82) is 0 Å². The molecule has 4 aromatic rings. The van der Waals surface area contributed by atoms with Crippen LogP contribution in [-0.4, -0.2) is 16.0 Å². The molecule has 4 rings (SSSR count). The number of aliphatic hydroxyl groups excluding tert-OH is 1. The number of aliphatic hydroxyl groups is 1. The number of carbonyl (C=O) groups is 1. The van der Waals surface area contributed by atoms with Gasteiger partial charge in [-0.05, 0) is 47.9 Å². The number of nitrogens with zero attached hydrogens (tertiary/aromatic N) is 1. The fraction of sp³-hybridized carbons (Fsp3) is 0.133. The lowest BCUT2D eigenvalue weighted by atomic mass is 10.1. The molecule has 6 heteroatoms. The first-order valence-corrected chi connectivity index (χ1v) is 11.8. The van der Waals surface area contributed by atoms with E-state index in [0.29, 0.717) is 48.1 Å². The fourth-order valence-electron chi connectivity index (χ4n) is 3.47. The van der Waals surface area contributed by atoms with E-state index < -0.39 is 0 Å². The van der Waals surface area contributed by atoms with Gasteiger partial charge in [-0.2, -0.15) is 0 Å². The number of hydrogen-bond acceptors (Lipinski definition) is 5. The Bertz CT molecular complexity index is 1240. The largest absolute Gasteiger partial charge is 0.508 e. The average molecular weight is 481 g/mol. The van der Waals surface area contributed by atoms with Crippen molar-refractivity contribution in [2.24, 2.45) is 0 Å². The van der Waals surface area contributed by atoms with E-state index in [1.807, 2.05) is 67.6 Å². The molecule has 2 N–H and O–H groups in total. The van der Waals surface area contributed by atoms with Crippen molar-refractivity contribution in [3.05, 3.63) is 126 Å². The van der Waals surface area contributed by atoms with Crippen LogP contribution in [0.15, 0.2) is 103 Å². The summed E-state index contributed by atoms with van der Waals surface area (Å²) in [5.41, 5.74) is 3.00. The third-order valence-corrected chi connectivity index (χ3v) is 5.34. The lowest BCUT2D eigenvalue weighted by Crippen LogP contribution is -2.13. The van der Waals surface area contributed by atoms with Gasteiger partial charge in [-0.1, -0.05) is 67.6 Å². The van der Waals surface area contributed by atoms with Gasteiger partial charge in [-0.15, -0.1) is 0 Å². The molecule has 0 fully saturated rings. The summed E-state index contributed by atoms with van der Waals surface area (Å²) in [6, 6.07) is 28.1. The standard InChI is InChI=1S/C30H28N2O4/c1-2-9-28(33)24-14-15-29(31-19-24)32-30(34)25-16-26(35-20-22-10-5-3-6-11-22)18-27(17-25)36-21-23-12-7-4-8-13-23/h3-19,33H,2,20-21H2,1H3,(H,31,32,34). The minimum absolute atomic E-state index is 0.159. The van der Waals surface area contributed by atoms with Crippen molar-refractivity contribution < 1.29 is 19.4 Å². The van der Waals surface area contributed by atoms with Crippen molar-refractivity contribution in [3.8, 4) is 11.5 Å². The van der Waals surface area contributed by atoms with Gasteiger partial charge in [-0.3, -0.25) is 4.79 Å². The Labute approximate surface area is 210 Å². The molecule has 1 aromatic heterocycles. The summed E-state index contributed by atoms with van der Waals surface area (Å²) >= 11 is 0. The predicted octanol–water partition coefficient (Wildman–Crippen LogP) is 6.80. The van der Waals surface area contributed by atoms with E-state index in [4.69, 9.17) is 9.47 Å². The van der Waals surface area contributed by atoms with Gasteiger partial charge < -0.3 is 19.9 Å². The summed E-state index contributed by atoms with van der Waals surface area (Å²) in [5, 5.41) is 12.8. The first-order valence-electron chi connectivity index (χ1n) is 11.8. The molecule has 0 bridgehead atoms. The second-order valence-electron chi connectivity index (χ2n) is 8.13. The van der Waals surface area contributed by atoms with Crippen molar-refractivity contribution in [2.45, 2.75) is 26.6 Å². The first kappa shape index (κ1) is 24.5. The number of pyridine rings is 1. The van der Waals surface area contributed by atoms with E-state index in [1.165, 1.54) is 6.20 Å². The highest BCUT2D eigenvalue weighted by Crippen LogP contribution is 2.26. The first-order chi connectivity index (χ1) is 17.6. The second-order valence-corrected chi connectivity index (χ2v) is 8.13. The molecule has 182 valence electrons. The van der Waals surface area contributed by atoms with E-state index in [9.17, 15) is 9.90 Å². The smallest absolute Gasteiger partial charge is 0.257 e. The number of aromatic nitrogens is 1. The van der Waals surface area contributed by atoms with Crippen LogP contribution in [0, 0.1) is 0 Å². The van der Waals surface area contributed by atoms with Crippen LogP contribution in [0.1, 0.15) is 40.4 Å². The molecule has 1 amide bonds. The monoisotopic (exact) mass is 480 g/mol. The van der Waals surface area contributed by atoms with Gasteiger partial charge in [-0.25, -0.2) is 4.98 Å². The summed E-state index contributed by atoms with van der Waals surface area (Å²) in [6.45, 7) is 2.66. The van der Waals surface area contributed by atoms with Crippen LogP contribution in [0.4, 0.5) is 5.82 Å². The molecule has 0 saturated heterocycles. The molecule has 0 radical (unpaired) electrons. The van der Waals surface area contributed by atoms with Crippen LogP contribution in [-0.2, 0) is 13.2 Å². The quantitative estimate of drug-likeness (QED) is 0.244. The molecular formula is C30H28N2O4. The SMILES string of the molecule is CCC=C(O)c1ccc(NC(=O)c2cc(OCc3ccccc3)cc(OCc3ccccc3)c2)nc1. The zero-order valence-electron chi connectivity index (χ0n) is 20.1. The molecule has 36 heavy (non-hydrogen) atoms. The summed E-state index contributed by atoms with van der Waals surface area (Å²) < 4.78 is 12.0. The molecule has 0 spiro atoms. The average Bonchev–Trinajstić information content (AvgIpc) is 2.92. The molecule has 0 aliphatic rings. The van der Waals surface area contributed by atoms with Crippen LogP contribution in [0.25, 0.3) is 5.76 Å². The molecule has 6 nitrogen and oxygen atoms in total. The van der Waals surface area contributed by atoms with Crippen LogP contribution in [0.2, 0.25) is 0 Å². The Morgan fingerprint density at radius 2 is 1.42 bits per heavy atom. The maximum absolute atomic E-state index is 13.1. The van der Waals surface area contributed by atoms with Crippen LogP contribution >= 0.6 is 0 Å². The van der Waals surface area contributed by atoms with Gasteiger partial charge in [0.15, 0.2) is 0 Å². The molecule has 0 aliphatic heterocycles. The number of rotatable bonds is 10. The highest BCUT2D eigenvalue weighted by Gasteiger charge is 2.13. The van der Waals surface area contributed by atoms with Crippen LogP contribution in [0.3, 0.4) is 0 Å². The number of carbonyl (C=O) groups excluding carboxylic acids is 1. The lowest BCUT2D eigenvalue weighted by molar-refractivity contribution is 0.102. The minimum atomic E-state index is -0.349. The fourth-order valence-corrected chi connectivity index (χ4v) is 3.47. The van der Waals surface area contributed by atoms with E-state index in [2.05, 4.69) is 10.3 Å². The third kappa shape index (κ3) is 6.96. The van der Waals surface area contributed by atoms with E-state index in [1.54, 1.807) is 36.4 Å². The number of benzene rings is 3. The topological polar surface area (TPSA) is 80.7 Å². The van der Waals surface area contributed by atoms with E-state index in [0.717, 1.165) is 11.1 Å². The Morgan fingerprint density at radius 1 is 0.833 bits per heavy atom. The lowest BCUT2D eigenvalue weighted by Gasteiger charge is -2.13. The van der Waals surface area contributed by atoms with Crippen molar-refractivity contribution in [1.82, 2.24) is 4.98 Å². The number of hydrogen-bond donors (Lipinski definition) is 2. The van der Waals surface area contributed by atoms with Crippen molar-refractivity contribution in [2.75, 3.05) is 5.32 Å². The predicted molar refractivity (Wildman–Crippen MR) is 141 cm³/mol. The molecule has 1 heterocycles. The third-order valence-electron chi connectivity index (χ3n) is 5.34. The Kier molecular flexibility index (Phi) is 8.33. The van der Waals surface area contributed by atoms with Gasteiger partial charge in [0.1, 0.15) is 36.3 Å². The molecule has 0 saturated carbocycles. The highest BCUT2D eigenvalue weighted by molar-refractivity contribution is 6.04. The molecule has 0 unspecified atom stereocenters. The zero-order valence-corrected chi connectivity index (χ0v) is 20.1. The van der Waals surface area contributed by atoms with Crippen LogP contribution < -0.4 is 14.8 Å². The van der Waals surface area contributed by atoms with Crippen molar-refractivity contribution in [3.63, 3.8) is 0 Å². The number of ether oxygens (including phenoxy) is 2. The van der Waals surface area contributed by atoms with E-state index >= 15 is 0 Å². The number of amides is 1. The van der Waals surface area contributed by atoms with Gasteiger partial charge in [0, 0.05) is 23.4 Å². The number of allylic oxidation sites excluding steroid dienone is 1. The maximum atomic E-state index is 13.1. The number of nitrogens with one attached hydrogen (secondary N) is 1. The van der Waals surface area contributed by atoms with Crippen molar-refractivity contribution >= 4 is 17.5 Å². The normalized spacial score (nSPS) is 11.1. The molecule has 3 aromatic carbocycles. The van der Waals surface area contributed by atoms with Gasteiger partial charge in [0.2, 0.25) is 0 Å². The van der Waals surface area contributed by atoms with Gasteiger partial charge in [0.25, 0.3) is 5.91 Å². The van der Waals surface area contributed by atoms with E-state index in [-0.39, 0.29) is 11.7 Å². The highest BCUT2D eigenvalue weighted by atomic mass is 16.5. The summed E-state index contributed by atoms with van der Waals surface area (Å²) in [7, 11) is 0. The Balaban J connectivity index is 1.52. The minimum Gasteiger partial charge on any atom is -0.508 e.